The summed E-state index contributed by atoms with van der Waals surface area (Å²) in [6, 6.07) is 11.1. The van der Waals surface area contributed by atoms with E-state index < -0.39 is 11.8 Å². The lowest BCUT2D eigenvalue weighted by Crippen LogP contribution is -2.04. The zero-order chi connectivity index (χ0) is 15.2. The monoisotopic (exact) mass is 290 g/mol. The summed E-state index contributed by atoms with van der Waals surface area (Å²) in [6.45, 7) is 0.301. The van der Waals surface area contributed by atoms with Crippen LogP contribution in [0.25, 0.3) is 0 Å². The molecule has 0 spiro atoms. The predicted molar refractivity (Wildman–Crippen MR) is 75.6 cm³/mol. The molecule has 0 aliphatic heterocycles. The molecule has 0 amide bonds. The Morgan fingerprint density at radius 2 is 1.90 bits per heavy atom. The Kier molecular flexibility index (Phi) is 4.77. The largest absolute Gasteiger partial charge is 0.497 e. The summed E-state index contributed by atoms with van der Waals surface area (Å²) in [6.07, 6.45) is 0.615. The molecule has 1 N–H and O–H groups in total. The fraction of sp³-hybridized carbons (Fsp3) is 0.188. The molecule has 0 heterocycles. The van der Waals surface area contributed by atoms with Crippen LogP contribution in [0.4, 0.5) is 4.39 Å². The maximum atomic E-state index is 13.6. The number of aromatic carboxylic acids is 1. The molecule has 2 rings (SSSR count). The third kappa shape index (κ3) is 3.95. The average molecular weight is 290 g/mol. The third-order valence-corrected chi connectivity index (χ3v) is 2.99. The standard InChI is InChI=1S/C16H15FO4/c1-20-13-5-2-11(3-6-13)8-9-21-15-7-4-12(16(18)19)10-14(15)17/h2-7,10H,8-9H2,1H3,(H,18,19). The summed E-state index contributed by atoms with van der Waals surface area (Å²) < 4.78 is 24.0. The van der Waals surface area contributed by atoms with Crippen LogP contribution >= 0.6 is 0 Å². The first-order valence-corrected chi connectivity index (χ1v) is 6.38. The quantitative estimate of drug-likeness (QED) is 0.888. The van der Waals surface area contributed by atoms with Crippen molar-refractivity contribution in [1.82, 2.24) is 0 Å². The maximum absolute atomic E-state index is 13.6. The smallest absolute Gasteiger partial charge is 0.335 e. The number of carbonyl (C=O) groups is 1. The molecule has 0 unspecified atom stereocenters. The molecule has 5 heteroatoms. The Bertz CT molecular complexity index is 623. The van der Waals surface area contributed by atoms with Gasteiger partial charge in [-0.05, 0) is 35.9 Å². The molecule has 0 fully saturated rings. The summed E-state index contributed by atoms with van der Waals surface area (Å²) in [5.74, 6) is -1.02. The SMILES string of the molecule is COc1ccc(CCOc2ccc(C(=O)O)cc2F)cc1. The number of rotatable bonds is 6. The second-order valence-electron chi connectivity index (χ2n) is 4.40. The van der Waals surface area contributed by atoms with Crippen LogP contribution in [0.1, 0.15) is 15.9 Å². The average Bonchev–Trinajstić information content (AvgIpc) is 2.49. The molecular weight excluding hydrogens is 275 g/mol. The van der Waals surface area contributed by atoms with Gasteiger partial charge in [-0.2, -0.15) is 0 Å². The van der Waals surface area contributed by atoms with Gasteiger partial charge in [0, 0.05) is 6.42 Å². The molecule has 0 bridgehead atoms. The number of ether oxygens (including phenoxy) is 2. The van der Waals surface area contributed by atoms with Gasteiger partial charge in [-0.1, -0.05) is 12.1 Å². The molecule has 0 saturated heterocycles. The molecule has 0 aromatic heterocycles. The Hall–Kier alpha value is -2.56. The fourth-order valence-electron chi connectivity index (χ4n) is 1.82. The molecule has 21 heavy (non-hydrogen) atoms. The molecule has 2 aromatic carbocycles. The van der Waals surface area contributed by atoms with Crippen molar-refractivity contribution in [2.75, 3.05) is 13.7 Å². The minimum atomic E-state index is -1.17. The summed E-state index contributed by atoms with van der Waals surface area (Å²) in [4.78, 5) is 10.7. The molecule has 2 aromatic rings. The second kappa shape index (κ2) is 6.74. The Morgan fingerprint density at radius 3 is 2.48 bits per heavy atom. The molecular formula is C16H15FO4. The van der Waals surface area contributed by atoms with Gasteiger partial charge in [0.2, 0.25) is 0 Å². The van der Waals surface area contributed by atoms with Crippen LogP contribution in [-0.4, -0.2) is 24.8 Å². The summed E-state index contributed by atoms with van der Waals surface area (Å²) in [7, 11) is 1.60. The van der Waals surface area contributed by atoms with E-state index in [1.54, 1.807) is 7.11 Å². The van der Waals surface area contributed by atoms with Crippen molar-refractivity contribution in [3.8, 4) is 11.5 Å². The normalized spacial score (nSPS) is 10.2. The van der Waals surface area contributed by atoms with Gasteiger partial charge in [-0.25, -0.2) is 9.18 Å². The number of halogens is 1. The molecule has 0 aliphatic carbocycles. The molecule has 0 radical (unpaired) electrons. The number of methoxy groups -OCH3 is 1. The highest BCUT2D eigenvalue weighted by molar-refractivity contribution is 5.87. The van der Waals surface area contributed by atoms with E-state index in [-0.39, 0.29) is 11.3 Å². The van der Waals surface area contributed by atoms with E-state index >= 15 is 0 Å². The van der Waals surface area contributed by atoms with Gasteiger partial charge in [0.1, 0.15) is 5.75 Å². The number of carboxylic acid groups (broad SMARTS) is 1. The summed E-state index contributed by atoms with van der Waals surface area (Å²) in [5, 5.41) is 8.75. The fourth-order valence-corrected chi connectivity index (χ4v) is 1.82. The van der Waals surface area contributed by atoms with Crippen LogP contribution in [0, 0.1) is 5.82 Å². The number of hydrogen-bond acceptors (Lipinski definition) is 3. The molecule has 0 atom stereocenters. The van der Waals surface area contributed by atoms with E-state index in [1.165, 1.54) is 12.1 Å². The van der Waals surface area contributed by atoms with Gasteiger partial charge in [-0.15, -0.1) is 0 Å². The van der Waals surface area contributed by atoms with Crippen LogP contribution in [-0.2, 0) is 6.42 Å². The Morgan fingerprint density at radius 1 is 1.19 bits per heavy atom. The van der Waals surface area contributed by atoms with Crippen molar-refractivity contribution < 1.29 is 23.8 Å². The van der Waals surface area contributed by atoms with E-state index in [4.69, 9.17) is 14.6 Å². The maximum Gasteiger partial charge on any atom is 0.335 e. The zero-order valence-electron chi connectivity index (χ0n) is 11.5. The van der Waals surface area contributed by atoms with Crippen molar-refractivity contribution >= 4 is 5.97 Å². The minimum Gasteiger partial charge on any atom is -0.497 e. The van der Waals surface area contributed by atoms with E-state index in [2.05, 4.69) is 0 Å². The zero-order valence-corrected chi connectivity index (χ0v) is 11.5. The minimum absolute atomic E-state index is 0.0495. The topological polar surface area (TPSA) is 55.8 Å². The number of carboxylic acids is 1. The van der Waals surface area contributed by atoms with Crippen LogP contribution < -0.4 is 9.47 Å². The first kappa shape index (κ1) is 14.8. The van der Waals surface area contributed by atoms with Gasteiger partial charge in [0.25, 0.3) is 0 Å². The highest BCUT2D eigenvalue weighted by atomic mass is 19.1. The van der Waals surface area contributed by atoms with Crippen molar-refractivity contribution in [2.24, 2.45) is 0 Å². The number of hydrogen-bond donors (Lipinski definition) is 1. The van der Waals surface area contributed by atoms with E-state index in [0.717, 1.165) is 17.4 Å². The van der Waals surface area contributed by atoms with Gasteiger partial charge >= 0.3 is 5.97 Å². The lowest BCUT2D eigenvalue weighted by atomic mass is 10.1. The molecule has 110 valence electrons. The van der Waals surface area contributed by atoms with Gasteiger partial charge in [0.05, 0.1) is 19.3 Å². The van der Waals surface area contributed by atoms with Crippen molar-refractivity contribution in [3.63, 3.8) is 0 Å². The van der Waals surface area contributed by atoms with Gasteiger partial charge in [-0.3, -0.25) is 0 Å². The second-order valence-corrected chi connectivity index (χ2v) is 4.40. The van der Waals surface area contributed by atoms with Crippen molar-refractivity contribution in [2.45, 2.75) is 6.42 Å². The van der Waals surface area contributed by atoms with Crippen molar-refractivity contribution in [1.29, 1.82) is 0 Å². The van der Waals surface area contributed by atoms with Crippen LogP contribution in [0.15, 0.2) is 42.5 Å². The predicted octanol–water partition coefficient (Wildman–Crippen LogP) is 3.15. The first-order valence-electron chi connectivity index (χ1n) is 6.38. The van der Waals surface area contributed by atoms with Crippen LogP contribution in [0.3, 0.4) is 0 Å². The van der Waals surface area contributed by atoms with E-state index in [1.807, 2.05) is 24.3 Å². The van der Waals surface area contributed by atoms with Crippen molar-refractivity contribution in [3.05, 3.63) is 59.4 Å². The lowest BCUT2D eigenvalue weighted by Gasteiger charge is -2.08. The van der Waals surface area contributed by atoms with E-state index in [9.17, 15) is 9.18 Å². The molecule has 4 nitrogen and oxygen atoms in total. The Balaban J connectivity index is 1.92. The third-order valence-electron chi connectivity index (χ3n) is 2.99. The molecule has 0 aliphatic rings. The molecule has 0 saturated carbocycles. The summed E-state index contributed by atoms with van der Waals surface area (Å²) in [5.41, 5.74) is 0.938. The van der Waals surface area contributed by atoms with E-state index in [0.29, 0.717) is 13.0 Å². The van der Waals surface area contributed by atoms with Crippen LogP contribution in [0.5, 0.6) is 11.5 Å². The Labute approximate surface area is 121 Å². The lowest BCUT2D eigenvalue weighted by molar-refractivity contribution is 0.0696. The summed E-state index contributed by atoms with van der Waals surface area (Å²) >= 11 is 0. The van der Waals surface area contributed by atoms with Gasteiger partial charge in [0.15, 0.2) is 11.6 Å². The number of benzene rings is 2. The highest BCUT2D eigenvalue weighted by Gasteiger charge is 2.09. The van der Waals surface area contributed by atoms with Gasteiger partial charge < -0.3 is 14.6 Å². The highest BCUT2D eigenvalue weighted by Crippen LogP contribution is 2.19. The first-order chi connectivity index (χ1) is 10.1. The van der Waals surface area contributed by atoms with Crippen LogP contribution in [0.2, 0.25) is 0 Å².